The Bertz CT molecular complexity index is 2680. The van der Waals surface area contributed by atoms with Crippen LogP contribution in [0, 0.1) is 0 Å². The maximum absolute atomic E-state index is 5.42. The van der Waals surface area contributed by atoms with Crippen LogP contribution in [0.25, 0.3) is 55.2 Å². The summed E-state index contributed by atoms with van der Waals surface area (Å²) in [6, 6.07) is 82.4. The van der Waals surface area contributed by atoms with Crippen LogP contribution in [0.4, 0.5) is 0 Å². The van der Waals surface area contributed by atoms with E-state index in [0.717, 1.165) is 44.3 Å². The number of hydrogen-bond acceptors (Lipinski definition) is 2. The Morgan fingerprint density at radius 1 is 0.259 bits per heavy atom. The largest absolute Gasteiger partial charge is 0.252 e. The minimum absolute atomic E-state index is 0.00777. The summed E-state index contributed by atoms with van der Waals surface area (Å²) in [6.07, 6.45) is 0. The van der Waals surface area contributed by atoms with Gasteiger partial charge < -0.3 is 0 Å². The fraction of sp³-hybridized carbons (Fsp3) is 0.0357. The van der Waals surface area contributed by atoms with E-state index in [1.54, 1.807) is 0 Å². The average molecular weight is 741 g/mol. The maximum atomic E-state index is 5.42. The zero-order valence-electron chi connectivity index (χ0n) is 32.0. The van der Waals surface area contributed by atoms with Gasteiger partial charge in [-0.1, -0.05) is 194 Å². The highest BCUT2D eigenvalue weighted by Gasteiger charge is 2.23. The van der Waals surface area contributed by atoms with Gasteiger partial charge in [-0.25, -0.2) is 0 Å². The third kappa shape index (κ3) is 6.86. The quantitative estimate of drug-likeness (QED) is 0.147. The lowest BCUT2D eigenvalue weighted by atomic mass is 9.86. The Morgan fingerprint density at radius 2 is 0.552 bits per heavy atom. The summed E-state index contributed by atoms with van der Waals surface area (Å²) in [6.45, 7) is 0. The van der Waals surface area contributed by atoms with Gasteiger partial charge in [-0.15, -0.1) is 0 Å². The second-order valence-electron chi connectivity index (χ2n) is 14.9. The second kappa shape index (κ2) is 15.6. The predicted octanol–water partition coefficient (Wildman–Crippen LogP) is 14.1. The first kappa shape index (κ1) is 35.0. The van der Waals surface area contributed by atoms with Gasteiger partial charge in [0.25, 0.3) is 0 Å². The first-order chi connectivity index (χ1) is 28.8. The summed E-state index contributed by atoms with van der Waals surface area (Å²) in [7, 11) is 0. The van der Waals surface area contributed by atoms with Crippen molar-refractivity contribution in [2.45, 2.75) is 11.8 Å². The molecule has 8 aromatic carbocycles. The first-order valence-electron chi connectivity index (χ1n) is 20.0. The molecule has 0 radical (unpaired) electrons. The maximum Gasteiger partial charge on any atom is 0.0712 e. The summed E-state index contributed by atoms with van der Waals surface area (Å²) in [5, 5.41) is 2.25. The minimum Gasteiger partial charge on any atom is -0.252 e. The molecule has 2 heteroatoms. The third-order valence-corrected chi connectivity index (χ3v) is 11.3. The monoisotopic (exact) mass is 740 g/mol. The van der Waals surface area contributed by atoms with Crippen molar-refractivity contribution >= 4 is 21.8 Å². The molecule has 2 nitrogen and oxygen atoms in total. The van der Waals surface area contributed by atoms with Crippen molar-refractivity contribution < 1.29 is 0 Å². The number of aromatic nitrogens is 2. The van der Waals surface area contributed by atoms with Crippen LogP contribution in [0.3, 0.4) is 0 Å². The van der Waals surface area contributed by atoms with Crippen LogP contribution in [0.5, 0.6) is 0 Å². The van der Waals surface area contributed by atoms with Gasteiger partial charge in [0, 0.05) is 10.8 Å². The van der Waals surface area contributed by atoms with Crippen LogP contribution >= 0.6 is 0 Å². The summed E-state index contributed by atoms with van der Waals surface area (Å²) < 4.78 is 0. The predicted molar refractivity (Wildman–Crippen MR) is 241 cm³/mol. The molecule has 58 heavy (non-hydrogen) atoms. The van der Waals surface area contributed by atoms with E-state index in [2.05, 4.69) is 231 Å². The molecule has 0 aliphatic heterocycles. The van der Waals surface area contributed by atoms with E-state index in [1.165, 1.54) is 44.5 Å². The average Bonchev–Trinajstić information content (AvgIpc) is 3.30. The topological polar surface area (TPSA) is 25.8 Å². The van der Waals surface area contributed by atoms with Crippen molar-refractivity contribution in [2.75, 3.05) is 0 Å². The van der Waals surface area contributed by atoms with Gasteiger partial charge in [0.15, 0.2) is 0 Å². The van der Waals surface area contributed by atoms with Crippen LogP contribution in [-0.2, 0) is 0 Å². The summed E-state index contributed by atoms with van der Waals surface area (Å²) in [5.74, 6) is -0.0155. The zero-order chi connectivity index (χ0) is 38.7. The number of rotatable bonds is 9. The van der Waals surface area contributed by atoms with Gasteiger partial charge in [0.2, 0.25) is 0 Å². The van der Waals surface area contributed by atoms with Crippen molar-refractivity contribution in [3.8, 4) is 33.4 Å². The van der Waals surface area contributed by atoms with Gasteiger partial charge >= 0.3 is 0 Å². The van der Waals surface area contributed by atoms with E-state index in [-0.39, 0.29) is 11.8 Å². The number of hydrogen-bond donors (Lipinski definition) is 0. The van der Waals surface area contributed by atoms with Crippen LogP contribution in [0.2, 0.25) is 0 Å². The van der Waals surface area contributed by atoms with E-state index in [1.807, 2.05) is 0 Å². The highest BCUT2D eigenvalue weighted by atomic mass is 14.7. The minimum atomic E-state index is -0.00777. The standard InChI is InChI=1S/C56H40N2/c1-7-19-39(20-8-1)47-37-53(55(41-23-11-3-12-24-41)42-25-13-4-14-26-42)57-51-33-31-45(35-49(47)51)46-32-34-52-50(36-46)48(40-21-9-2-10-22-40)38-54(58-52)56(43-27-15-5-16-28-43)44-29-17-6-18-30-44/h1-38,55-56H. The lowest BCUT2D eigenvalue weighted by Gasteiger charge is -2.21. The molecule has 0 aliphatic carbocycles. The Morgan fingerprint density at radius 3 is 0.862 bits per heavy atom. The third-order valence-electron chi connectivity index (χ3n) is 11.3. The molecule has 0 bridgehead atoms. The Labute approximate surface area is 339 Å². The molecule has 0 N–H and O–H groups in total. The van der Waals surface area contributed by atoms with Crippen LogP contribution in [0.1, 0.15) is 45.5 Å². The molecule has 0 saturated heterocycles. The smallest absolute Gasteiger partial charge is 0.0712 e. The van der Waals surface area contributed by atoms with E-state index in [4.69, 9.17) is 9.97 Å². The first-order valence-corrected chi connectivity index (χ1v) is 20.0. The second-order valence-corrected chi connectivity index (χ2v) is 14.9. The molecule has 0 fully saturated rings. The molecular weight excluding hydrogens is 701 g/mol. The molecular formula is C56H40N2. The Balaban J connectivity index is 1.14. The Kier molecular flexibility index (Phi) is 9.43. The van der Waals surface area contributed by atoms with Crippen LogP contribution < -0.4 is 0 Å². The van der Waals surface area contributed by atoms with Gasteiger partial charge in [0.05, 0.1) is 34.3 Å². The van der Waals surface area contributed by atoms with Gasteiger partial charge in [-0.2, -0.15) is 0 Å². The SMILES string of the molecule is c1ccc(-c2cc(C(c3ccccc3)c3ccccc3)nc3ccc(-c4ccc5nc(C(c6ccccc6)c6ccccc6)cc(-c6ccccc6)c5c4)cc23)cc1. The van der Waals surface area contributed by atoms with E-state index >= 15 is 0 Å². The van der Waals surface area contributed by atoms with Gasteiger partial charge in [0.1, 0.15) is 0 Å². The summed E-state index contributed by atoms with van der Waals surface area (Å²) >= 11 is 0. The molecule has 10 aromatic rings. The Hall–Kier alpha value is -7.42. The number of pyridine rings is 2. The van der Waals surface area contributed by atoms with Crippen LogP contribution in [0.15, 0.2) is 231 Å². The molecule has 0 atom stereocenters. The van der Waals surface area contributed by atoms with E-state index < -0.39 is 0 Å². The molecule has 0 aliphatic rings. The highest BCUT2D eigenvalue weighted by molar-refractivity contribution is 6.00. The lowest BCUT2D eigenvalue weighted by molar-refractivity contribution is 0.930. The van der Waals surface area contributed by atoms with Crippen LogP contribution in [-0.4, -0.2) is 9.97 Å². The number of benzene rings is 8. The fourth-order valence-corrected chi connectivity index (χ4v) is 8.51. The van der Waals surface area contributed by atoms with E-state index in [0.29, 0.717) is 0 Å². The molecule has 2 heterocycles. The fourth-order valence-electron chi connectivity index (χ4n) is 8.51. The molecule has 10 rings (SSSR count). The van der Waals surface area contributed by atoms with Gasteiger partial charge in [-0.05, 0) is 92.0 Å². The lowest BCUT2D eigenvalue weighted by Crippen LogP contribution is -2.06. The molecule has 274 valence electrons. The zero-order valence-corrected chi connectivity index (χ0v) is 32.0. The molecule has 0 spiro atoms. The summed E-state index contributed by atoms with van der Waals surface area (Å²) in [4.78, 5) is 10.8. The number of fused-ring (bicyclic) bond motifs is 2. The molecule has 0 unspecified atom stereocenters. The van der Waals surface area contributed by atoms with Crippen molar-refractivity contribution in [2.24, 2.45) is 0 Å². The summed E-state index contributed by atoms with van der Waals surface area (Å²) in [5.41, 5.74) is 15.8. The van der Waals surface area contributed by atoms with Gasteiger partial charge in [-0.3, -0.25) is 9.97 Å². The number of nitrogens with zero attached hydrogens (tertiary/aromatic N) is 2. The van der Waals surface area contributed by atoms with Crippen molar-refractivity contribution in [3.63, 3.8) is 0 Å². The van der Waals surface area contributed by atoms with Crippen molar-refractivity contribution in [1.82, 2.24) is 9.97 Å². The molecule has 0 saturated carbocycles. The van der Waals surface area contributed by atoms with Crippen molar-refractivity contribution in [3.05, 3.63) is 264 Å². The molecule has 2 aromatic heterocycles. The molecule has 0 amide bonds. The van der Waals surface area contributed by atoms with E-state index in [9.17, 15) is 0 Å². The highest BCUT2D eigenvalue weighted by Crippen LogP contribution is 2.40. The normalized spacial score (nSPS) is 11.4. The van der Waals surface area contributed by atoms with Crippen molar-refractivity contribution in [1.29, 1.82) is 0 Å².